The van der Waals surface area contributed by atoms with E-state index in [0.717, 1.165) is 11.8 Å². The van der Waals surface area contributed by atoms with Crippen molar-refractivity contribution in [1.82, 2.24) is 9.29 Å². The molecule has 1 fully saturated rings. The first-order valence-electron chi connectivity index (χ1n) is 12.0. The number of hydrogen-bond acceptors (Lipinski definition) is 8. The second-order valence-electron chi connectivity index (χ2n) is 8.56. The Labute approximate surface area is 226 Å². The molecule has 2 aromatic carbocycles. The minimum atomic E-state index is -3.65. The predicted molar refractivity (Wildman–Crippen MR) is 145 cm³/mol. The first kappa shape index (κ1) is 27.1. The minimum Gasteiger partial charge on any atom is -0.368 e. The SMILES string of the molecule is CCc1c(C#N)c(SC(C(N)=O)c2ccccc2)nc(N2CCN(S(=O)(=O)c3ccccc3)CC2)c1C#N. The Bertz CT molecular complexity index is 1510. The lowest BCUT2D eigenvalue weighted by Crippen LogP contribution is -2.49. The number of benzene rings is 2. The Hall–Kier alpha value is -3.90. The molecule has 9 nitrogen and oxygen atoms in total. The summed E-state index contributed by atoms with van der Waals surface area (Å²) in [5, 5.41) is 19.6. The number of hydrogen-bond donors (Lipinski definition) is 1. The molecule has 2 heterocycles. The molecule has 1 aromatic heterocycles. The summed E-state index contributed by atoms with van der Waals surface area (Å²) in [4.78, 5) is 19.2. The number of nitrogens with two attached hydrogens (primary N) is 1. The highest BCUT2D eigenvalue weighted by Gasteiger charge is 2.32. The molecule has 0 saturated carbocycles. The number of nitrogens with zero attached hydrogens (tertiary/aromatic N) is 5. The summed E-state index contributed by atoms with van der Waals surface area (Å²) in [5.74, 6) is -0.200. The first-order valence-corrected chi connectivity index (χ1v) is 14.3. The van der Waals surface area contributed by atoms with Crippen LogP contribution in [0.5, 0.6) is 0 Å². The Kier molecular flexibility index (Phi) is 8.32. The van der Waals surface area contributed by atoms with Crippen molar-refractivity contribution in [1.29, 1.82) is 10.5 Å². The summed E-state index contributed by atoms with van der Waals surface area (Å²) in [6.07, 6.45) is 0.407. The summed E-state index contributed by atoms with van der Waals surface area (Å²) in [5.41, 5.74) is 7.47. The van der Waals surface area contributed by atoms with Crippen LogP contribution in [0.4, 0.5) is 5.82 Å². The van der Waals surface area contributed by atoms with E-state index < -0.39 is 21.2 Å². The molecule has 1 amide bonds. The fourth-order valence-electron chi connectivity index (χ4n) is 4.41. The molecule has 38 heavy (non-hydrogen) atoms. The molecule has 1 aliphatic heterocycles. The van der Waals surface area contributed by atoms with Crippen LogP contribution in [0.1, 0.15) is 34.4 Å². The zero-order chi connectivity index (χ0) is 27.3. The minimum absolute atomic E-state index is 0.210. The number of aromatic nitrogens is 1. The lowest BCUT2D eigenvalue weighted by molar-refractivity contribution is -0.117. The van der Waals surface area contributed by atoms with Crippen molar-refractivity contribution in [2.45, 2.75) is 28.5 Å². The summed E-state index contributed by atoms with van der Waals surface area (Å²) in [6.45, 7) is 2.89. The number of sulfonamides is 1. The van der Waals surface area contributed by atoms with Crippen LogP contribution in [0.15, 0.2) is 70.6 Å². The van der Waals surface area contributed by atoms with E-state index in [4.69, 9.17) is 10.7 Å². The molecule has 1 saturated heterocycles. The molecule has 0 bridgehead atoms. The van der Waals surface area contributed by atoms with Crippen molar-refractivity contribution in [3.8, 4) is 12.1 Å². The van der Waals surface area contributed by atoms with Gasteiger partial charge in [0.2, 0.25) is 15.9 Å². The van der Waals surface area contributed by atoms with E-state index in [1.807, 2.05) is 17.9 Å². The molecular formula is C27H26N6O3S2. The van der Waals surface area contributed by atoms with Gasteiger partial charge in [-0.1, -0.05) is 67.2 Å². The molecule has 0 spiro atoms. The van der Waals surface area contributed by atoms with E-state index in [1.54, 1.807) is 54.6 Å². The lowest BCUT2D eigenvalue weighted by Gasteiger charge is -2.35. The van der Waals surface area contributed by atoms with Gasteiger partial charge in [-0.05, 0) is 29.7 Å². The van der Waals surface area contributed by atoms with Gasteiger partial charge in [0.1, 0.15) is 28.2 Å². The van der Waals surface area contributed by atoms with Crippen LogP contribution >= 0.6 is 11.8 Å². The maximum atomic E-state index is 13.1. The molecule has 1 unspecified atom stereocenters. The van der Waals surface area contributed by atoms with Crippen molar-refractivity contribution in [2.75, 3.05) is 31.1 Å². The van der Waals surface area contributed by atoms with Crippen LogP contribution in [0, 0.1) is 22.7 Å². The van der Waals surface area contributed by atoms with Gasteiger partial charge in [0.15, 0.2) is 0 Å². The fraction of sp³-hybridized carbons (Fsp3) is 0.259. The van der Waals surface area contributed by atoms with E-state index in [2.05, 4.69) is 12.1 Å². The molecule has 2 N–H and O–H groups in total. The second kappa shape index (κ2) is 11.7. The summed E-state index contributed by atoms with van der Waals surface area (Å²) >= 11 is 1.08. The van der Waals surface area contributed by atoms with Gasteiger partial charge in [-0.3, -0.25) is 4.79 Å². The van der Waals surface area contributed by atoms with Gasteiger partial charge in [-0.25, -0.2) is 13.4 Å². The molecule has 0 radical (unpaired) electrons. The highest BCUT2D eigenvalue weighted by molar-refractivity contribution is 8.00. The number of carbonyl (C=O) groups excluding carboxylic acids is 1. The number of pyridine rings is 1. The summed E-state index contributed by atoms with van der Waals surface area (Å²) in [7, 11) is -3.65. The molecule has 11 heteroatoms. The number of piperazine rings is 1. The van der Waals surface area contributed by atoms with Gasteiger partial charge in [0.25, 0.3) is 0 Å². The third-order valence-corrected chi connectivity index (χ3v) is 9.51. The van der Waals surface area contributed by atoms with Crippen LogP contribution in [0.25, 0.3) is 0 Å². The van der Waals surface area contributed by atoms with Gasteiger partial charge < -0.3 is 10.6 Å². The summed E-state index contributed by atoms with van der Waals surface area (Å²) in [6, 6.07) is 21.6. The van der Waals surface area contributed by atoms with Crippen LogP contribution in [0.2, 0.25) is 0 Å². The number of amides is 1. The number of anilines is 1. The first-order chi connectivity index (χ1) is 18.3. The fourth-order valence-corrected chi connectivity index (χ4v) is 6.91. The van der Waals surface area contributed by atoms with Crippen LogP contribution < -0.4 is 10.6 Å². The normalized spacial score (nSPS) is 14.9. The van der Waals surface area contributed by atoms with E-state index >= 15 is 0 Å². The van der Waals surface area contributed by atoms with Crippen LogP contribution in [0.3, 0.4) is 0 Å². The van der Waals surface area contributed by atoms with Gasteiger partial charge >= 0.3 is 0 Å². The highest BCUT2D eigenvalue weighted by atomic mass is 32.2. The monoisotopic (exact) mass is 546 g/mol. The number of carbonyl (C=O) groups is 1. The van der Waals surface area contributed by atoms with Crippen LogP contribution in [-0.4, -0.2) is 49.8 Å². The van der Waals surface area contributed by atoms with Crippen molar-refractivity contribution < 1.29 is 13.2 Å². The number of thioether (sulfide) groups is 1. The van der Waals surface area contributed by atoms with Crippen LogP contribution in [-0.2, 0) is 21.2 Å². The standard InChI is InChI=1S/C27H26N6O3S2/c1-2-21-22(17-28)26(32-13-15-33(16-14-32)38(35,36)20-11-7-4-8-12-20)31-27(23(21)18-29)37-24(25(30)34)19-9-5-3-6-10-19/h3-12,24H,2,13-16H2,1H3,(H2,30,34). The van der Waals surface area contributed by atoms with Crippen molar-refractivity contribution in [3.63, 3.8) is 0 Å². The van der Waals surface area contributed by atoms with E-state index in [-0.39, 0.29) is 29.1 Å². The molecular weight excluding hydrogens is 520 g/mol. The van der Waals surface area contributed by atoms with E-state index in [9.17, 15) is 23.7 Å². The van der Waals surface area contributed by atoms with Gasteiger partial charge in [0, 0.05) is 26.2 Å². The topological polar surface area (TPSA) is 144 Å². The lowest BCUT2D eigenvalue weighted by atomic mass is 10.0. The highest BCUT2D eigenvalue weighted by Crippen LogP contribution is 2.39. The smallest absolute Gasteiger partial charge is 0.243 e. The number of rotatable bonds is 8. The largest absolute Gasteiger partial charge is 0.368 e. The maximum Gasteiger partial charge on any atom is 0.243 e. The molecule has 3 aromatic rings. The average Bonchev–Trinajstić information content (AvgIpc) is 2.95. The van der Waals surface area contributed by atoms with Gasteiger partial charge in [-0.2, -0.15) is 14.8 Å². The molecule has 1 atom stereocenters. The second-order valence-corrected chi connectivity index (χ2v) is 11.6. The zero-order valence-corrected chi connectivity index (χ0v) is 22.4. The Balaban J connectivity index is 1.69. The Morgan fingerprint density at radius 1 is 1.00 bits per heavy atom. The van der Waals surface area contributed by atoms with Crippen molar-refractivity contribution in [2.24, 2.45) is 5.73 Å². The van der Waals surface area contributed by atoms with Gasteiger partial charge in [-0.15, -0.1) is 0 Å². The van der Waals surface area contributed by atoms with Crippen molar-refractivity contribution in [3.05, 3.63) is 82.9 Å². The predicted octanol–water partition coefficient (Wildman–Crippen LogP) is 3.22. The quantitative estimate of drug-likeness (QED) is 0.424. The summed E-state index contributed by atoms with van der Waals surface area (Å²) < 4.78 is 27.6. The molecule has 4 rings (SSSR count). The molecule has 1 aliphatic rings. The third kappa shape index (κ3) is 5.36. The molecule has 194 valence electrons. The average molecular weight is 547 g/mol. The maximum absolute atomic E-state index is 13.1. The third-order valence-electron chi connectivity index (χ3n) is 6.34. The Morgan fingerprint density at radius 3 is 2.11 bits per heavy atom. The molecule has 0 aliphatic carbocycles. The number of nitriles is 2. The van der Waals surface area contributed by atoms with E-state index in [1.165, 1.54) is 4.31 Å². The van der Waals surface area contributed by atoms with Crippen molar-refractivity contribution >= 4 is 33.5 Å². The zero-order valence-electron chi connectivity index (χ0n) is 20.7. The number of primary amides is 1. The van der Waals surface area contributed by atoms with E-state index in [0.29, 0.717) is 41.5 Å². The Morgan fingerprint density at radius 2 is 1.58 bits per heavy atom. The van der Waals surface area contributed by atoms with Gasteiger partial charge in [0.05, 0.1) is 16.0 Å².